The second-order valence-corrected chi connectivity index (χ2v) is 5.65. The van der Waals surface area contributed by atoms with Crippen molar-refractivity contribution in [1.29, 1.82) is 0 Å². The number of hydrogen-bond donors (Lipinski definition) is 0. The van der Waals surface area contributed by atoms with Gasteiger partial charge in [0.2, 0.25) is 0 Å². The molecule has 20 heavy (non-hydrogen) atoms. The molecule has 0 atom stereocenters. The highest BCUT2D eigenvalue weighted by molar-refractivity contribution is 6.43. The molecule has 2 nitrogen and oxygen atoms in total. The lowest BCUT2D eigenvalue weighted by molar-refractivity contribution is 0.104. The summed E-state index contributed by atoms with van der Waals surface area (Å²) >= 11 is 0. The Kier molecular flexibility index (Phi) is 5.82. The van der Waals surface area contributed by atoms with Crippen molar-refractivity contribution in [3.63, 3.8) is 0 Å². The number of likely N-dealkylation sites (N-methyl/N-ethyl adjacent to an activating group) is 1. The van der Waals surface area contributed by atoms with E-state index in [1.54, 1.807) is 6.08 Å². The summed E-state index contributed by atoms with van der Waals surface area (Å²) in [6.07, 6.45) is 3.41. The van der Waals surface area contributed by atoms with E-state index in [1.807, 2.05) is 38.1 Å². The molecule has 1 rings (SSSR count). The fourth-order valence-electron chi connectivity index (χ4n) is 2.02. The number of hydrogen-bond acceptors (Lipinski definition) is 2. The molecule has 1 aromatic rings. The van der Waals surface area contributed by atoms with E-state index < -0.39 is 0 Å². The van der Waals surface area contributed by atoms with Crippen molar-refractivity contribution in [1.82, 2.24) is 4.90 Å². The van der Waals surface area contributed by atoms with Gasteiger partial charge in [0.05, 0.1) is 0 Å². The van der Waals surface area contributed by atoms with E-state index in [4.69, 9.17) is 15.7 Å². The molecule has 0 bridgehead atoms. The minimum Gasteiger partial charge on any atom is -0.306 e. The number of benzene rings is 1. The van der Waals surface area contributed by atoms with E-state index >= 15 is 0 Å². The quantitative estimate of drug-likeness (QED) is 0.450. The summed E-state index contributed by atoms with van der Waals surface area (Å²) in [4.78, 5) is 14.2. The summed E-state index contributed by atoms with van der Waals surface area (Å²) < 4.78 is 0. The maximum absolute atomic E-state index is 12.3. The van der Waals surface area contributed by atoms with Crippen molar-refractivity contribution in [3.8, 4) is 0 Å². The number of nitrogens with zero attached hydrogens (tertiary/aromatic N) is 1. The molecule has 0 saturated heterocycles. The van der Waals surface area contributed by atoms with E-state index in [1.165, 1.54) is 0 Å². The highest BCUT2D eigenvalue weighted by Gasteiger charge is 2.14. The lowest BCUT2D eigenvalue weighted by atomic mass is 9.73. The molecule has 0 unspecified atom stereocenters. The maximum atomic E-state index is 12.3. The number of allylic oxidation sites excluding steroid dienone is 1. The molecule has 0 aliphatic carbocycles. The summed E-state index contributed by atoms with van der Waals surface area (Å²) in [6.45, 7) is 6.68. The van der Waals surface area contributed by atoms with Crippen LogP contribution in [-0.4, -0.2) is 47.0 Å². The van der Waals surface area contributed by atoms with Crippen LogP contribution in [0.3, 0.4) is 0 Å². The van der Waals surface area contributed by atoms with Crippen LogP contribution in [0.2, 0.25) is 0 Å². The van der Waals surface area contributed by atoms with Crippen molar-refractivity contribution in [2.45, 2.75) is 26.7 Å². The van der Waals surface area contributed by atoms with Crippen LogP contribution in [0.4, 0.5) is 0 Å². The van der Waals surface area contributed by atoms with Gasteiger partial charge >= 0.3 is 0 Å². The van der Waals surface area contributed by atoms with Crippen molar-refractivity contribution in [2.24, 2.45) is 0 Å². The SMILES string of the molecule is [B]c1c(C(=O)/C=C\CN(C)C)cc(C(C)C)c([B])c1C. The van der Waals surface area contributed by atoms with Gasteiger partial charge in [-0.3, -0.25) is 4.79 Å². The van der Waals surface area contributed by atoms with E-state index in [2.05, 4.69) is 13.8 Å². The smallest absolute Gasteiger partial charge is 0.184 e. The van der Waals surface area contributed by atoms with Gasteiger partial charge in [-0.1, -0.05) is 42.0 Å². The molecule has 0 N–H and O–H groups in total. The van der Waals surface area contributed by atoms with Crippen LogP contribution in [0.15, 0.2) is 18.2 Å². The van der Waals surface area contributed by atoms with E-state index in [0.717, 1.165) is 17.7 Å². The molecule has 1 aromatic carbocycles. The van der Waals surface area contributed by atoms with Crippen LogP contribution in [0.25, 0.3) is 0 Å². The highest BCUT2D eigenvalue weighted by Crippen LogP contribution is 2.15. The first-order chi connectivity index (χ1) is 9.25. The Hall–Kier alpha value is -1.28. The molecule has 4 heteroatoms. The number of carbonyl (C=O) groups is 1. The highest BCUT2D eigenvalue weighted by atomic mass is 16.1. The molecule has 0 spiro atoms. The lowest BCUT2D eigenvalue weighted by Crippen LogP contribution is -2.29. The Morgan fingerprint density at radius 2 is 1.90 bits per heavy atom. The van der Waals surface area contributed by atoms with Gasteiger partial charge in [0.1, 0.15) is 15.7 Å². The third-order valence-corrected chi connectivity index (χ3v) is 3.34. The monoisotopic (exact) mass is 265 g/mol. The van der Waals surface area contributed by atoms with Gasteiger partial charge in [-0.2, -0.15) is 0 Å². The van der Waals surface area contributed by atoms with Crippen molar-refractivity contribution in [3.05, 3.63) is 34.9 Å². The standard InChI is InChI=1S/C16H21B2NO/c1-10(2)12-9-13(16(18)11(3)15(12)17)14(20)7-6-8-19(4)5/h6-7,9-10H,8H2,1-5H3/b7-6-. The fourth-order valence-corrected chi connectivity index (χ4v) is 2.02. The molecule has 102 valence electrons. The predicted molar refractivity (Wildman–Crippen MR) is 88.1 cm³/mol. The van der Waals surface area contributed by atoms with Crippen LogP contribution < -0.4 is 10.9 Å². The van der Waals surface area contributed by atoms with Gasteiger partial charge in [0.25, 0.3) is 0 Å². The molecule has 0 heterocycles. The largest absolute Gasteiger partial charge is 0.306 e. The Balaban J connectivity index is 3.18. The van der Waals surface area contributed by atoms with Gasteiger partial charge in [-0.25, -0.2) is 0 Å². The molecule has 0 saturated carbocycles. The van der Waals surface area contributed by atoms with Gasteiger partial charge in [-0.15, -0.1) is 0 Å². The summed E-state index contributed by atoms with van der Waals surface area (Å²) in [6, 6.07) is 1.82. The summed E-state index contributed by atoms with van der Waals surface area (Å²) in [5.74, 6) is 0.181. The first-order valence-electron chi connectivity index (χ1n) is 6.79. The van der Waals surface area contributed by atoms with E-state index in [0.29, 0.717) is 16.5 Å². The molecule has 0 amide bonds. The Morgan fingerprint density at radius 3 is 2.40 bits per heavy atom. The molecular formula is C16H21B2NO. The summed E-state index contributed by atoms with van der Waals surface area (Å²) in [5, 5.41) is 0. The second kappa shape index (κ2) is 6.94. The molecule has 4 radical (unpaired) electrons. The summed E-state index contributed by atoms with van der Waals surface area (Å²) in [5.41, 5.74) is 3.47. The Labute approximate surface area is 125 Å². The van der Waals surface area contributed by atoms with E-state index in [9.17, 15) is 4.79 Å². The minimum atomic E-state index is -0.0747. The molecule has 0 aliphatic heterocycles. The predicted octanol–water partition coefficient (Wildman–Crippen LogP) is 1.01. The number of ketones is 1. The van der Waals surface area contributed by atoms with Crippen LogP contribution in [0, 0.1) is 6.92 Å². The third kappa shape index (κ3) is 3.86. The number of rotatable bonds is 5. The van der Waals surface area contributed by atoms with Crippen LogP contribution in [-0.2, 0) is 0 Å². The van der Waals surface area contributed by atoms with Crippen LogP contribution in [0.5, 0.6) is 0 Å². The van der Waals surface area contributed by atoms with Crippen LogP contribution >= 0.6 is 0 Å². The molecule has 0 aliphatic rings. The van der Waals surface area contributed by atoms with Gasteiger partial charge in [0, 0.05) is 12.1 Å². The average Bonchev–Trinajstić information content (AvgIpc) is 2.35. The number of carbonyl (C=O) groups excluding carboxylic acids is 1. The topological polar surface area (TPSA) is 20.3 Å². The van der Waals surface area contributed by atoms with Crippen molar-refractivity contribution < 1.29 is 4.79 Å². The molecular weight excluding hydrogens is 244 g/mol. The minimum absolute atomic E-state index is 0.0747. The first kappa shape index (κ1) is 16.8. The fraction of sp³-hybridized carbons (Fsp3) is 0.438. The Morgan fingerprint density at radius 1 is 1.30 bits per heavy atom. The lowest BCUT2D eigenvalue weighted by Gasteiger charge is -2.18. The maximum Gasteiger partial charge on any atom is 0.184 e. The average molecular weight is 265 g/mol. The van der Waals surface area contributed by atoms with Crippen LogP contribution in [0.1, 0.15) is 41.3 Å². The normalized spacial score (nSPS) is 11.8. The van der Waals surface area contributed by atoms with Crippen molar-refractivity contribution >= 4 is 32.4 Å². The van der Waals surface area contributed by atoms with Gasteiger partial charge in [0.15, 0.2) is 5.78 Å². The Bertz CT molecular complexity index is 534. The van der Waals surface area contributed by atoms with Gasteiger partial charge in [-0.05, 0) is 39.1 Å². The second-order valence-electron chi connectivity index (χ2n) is 5.65. The van der Waals surface area contributed by atoms with Crippen molar-refractivity contribution in [2.75, 3.05) is 20.6 Å². The molecule has 0 fully saturated rings. The zero-order valence-electron chi connectivity index (χ0n) is 13.0. The van der Waals surface area contributed by atoms with E-state index in [-0.39, 0.29) is 11.7 Å². The molecule has 0 aromatic heterocycles. The van der Waals surface area contributed by atoms with Gasteiger partial charge < -0.3 is 4.90 Å². The zero-order chi connectivity index (χ0) is 15.4. The first-order valence-corrected chi connectivity index (χ1v) is 6.79. The zero-order valence-corrected chi connectivity index (χ0v) is 13.0. The summed E-state index contributed by atoms with van der Waals surface area (Å²) in [7, 11) is 16.0. The third-order valence-electron chi connectivity index (χ3n) is 3.34.